The van der Waals surface area contributed by atoms with Gasteiger partial charge in [0.2, 0.25) is 0 Å². The highest BCUT2D eigenvalue weighted by molar-refractivity contribution is 8.01. The Morgan fingerprint density at radius 2 is 1.67 bits per heavy atom. The molecule has 1 aromatic heterocycles. The Labute approximate surface area is 260 Å². The number of nitrogens with zero attached hydrogens (tertiary/aromatic N) is 4. The summed E-state index contributed by atoms with van der Waals surface area (Å²) in [5.74, 6) is 2.81. The Kier molecular flexibility index (Phi) is 14.7. The zero-order valence-corrected chi connectivity index (χ0v) is 26.7. The number of aromatic nitrogens is 2. The van der Waals surface area contributed by atoms with E-state index in [1.54, 1.807) is 0 Å². The fourth-order valence-electron chi connectivity index (χ4n) is 5.35. The summed E-state index contributed by atoms with van der Waals surface area (Å²) in [6.07, 6.45) is 3.52. The van der Waals surface area contributed by atoms with E-state index in [1.807, 2.05) is 37.0 Å². The van der Waals surface area contributed by atoms with Crippen LogP contribution in [0.15, 0.2) is 23.2 Å². The number of carbonyl (C=O) groups excluding carboxylic acids is 1. The van der Waals surface area contributed by atoms with Crippen LogP contribution in [-0.2, 0) is 32.0 Å². The summed E-state index contributed by atoms with van der Waals surface area (Å²) in [7, 11) is 1.89. The minimum absolute atomic E-state index is 0.100. The molecule has 1 unspecified atom stereocenters. The van der Waals surface area contributed by atoms with Crippen LogP contribution in [0, 0.1) is 5.92 Å². The van der Waals surface area contributed by atoms with E-state index in [0.717, 1.165) is 55.9 Å². The SMILES string of the molecule is CN=C(C)C1CCN(Cc2nc3ccc(C(=O)NCCOCCOCCOCCOCCN)cc3n2CC2CCS2)CC1. The van der Waals surface area contributed by atoms with Gasteiger partial charge in [0.05, 0.1) is 70.4 Å². The number of aliphatic imine (C=N–C) groups is 1. The topological polar surface area (TPSA) is 125 Å². The lowest BCUT2D eigenvalue weighted by Crippen LogP contribution is -2.36. The smallest absolute Gasteiger partial charge is 0.251 e. The zero-order chi connectivity index (χ0) is 30.3. The average Bonchev–Trinajstić information content (AvgIpc) is 3.34. The Bertz CT molecular complexity index is 1150. The molecule has 12 heteroatoms. The number of rotatable bonds is 20. The molecule has 4 rings (SSSR count). The molecule has 0 saturated carbocycles. The zero-order valence-electron chi connectivity index (χ0n) is 25.9. The van der Waals surface area contributed by atoms with Crippen molar-refractivity contribution in [2.75, 3.05) is 91.8 Å². The maximum absolute atomic E-state index is 13.0. The molecule has 0 spiro atoms. The number of nitrogens with two attached hydrogens (primary N) is 1. The van der Waals surface area contributed by atoms with Crippen molar-refractivity contribution in [1.29, 1.82) is 0 Å². The van der Waals surface area contributed by atoms with Crippen LogP contribution in [0.3, 0.4) is 0 Å². The van der Waals surface area contributed by atoms with Gasteiger partial charge in [0, 0.05) is 43.2 Å². The standard InChI is InChI=1S/C31H50N6O5S/c1-24(33-2)25-5-10-36(11-6-25)23-30-35-28-4-3-26(21-29(28)37(30)22-27-7-20-43-27)31(38)34-9-13-40-15-17-42-19-18-41-16-14-39-12-8-32/h3-4,21,25,27H,5-20,22-23,32H2,1-2H3,(H,34,38). The summed E-state index contributed by atoms with van der Waals surface area (Å²) in [5, 5.41) is 3.59. The Morgan fingerprint density at radius 1 is 1.02 bits per heavy atom. The predicted molar refractivity (Wildman–Crippen MR) is 172 cm³/mol. The molecule has 0 aliphatic carbocycles. The first-order valence-electron chi connectivity index (χ1n) is 15.6. The van der Waals surface area contributed by atoms with Gasteiger partial charge in [-0.1, -0.05) is 0 Å². The largest absolute Gasteiger partial charge is 0.378 e. The van der Waals surface area contributed by atoms with Gasteiger partial charge < -0.3 is 34.6 Å². The number of piperidine rings is 1. The van der Waals surface area contributed by atoms with E-state index in [2.05, 4.69) is 26.7 Å². The molecule has 1 aromatic carbocycles. The van der Waals surface area contributed by atoms with Crippen LogP contribution in [0.1, 0.15) is 42.4 Å². The van der Waals surface area contributed by atoms with Gasteiger partial charge in [0.25, 0.3) is 5.91 Å². The van der Waals surface area contributed by atoms with E-state index in [9.17, 15) is 4.79 Å². The number of hydrogen-bond donors (Lipinski definition) is 2. The number of ether oxygens (including phenoxy) is 4. The quantitative estimate of drug-likeness (QED) is 0.170. The Hall–Kier alpha value is -2.06. The second-order valence-electron chi connectivity index (χ2n) is 11.0. The van der Waals surface area contributed by atoms with Crippen molar-refractivity contribution in [2.24, 2.45) is 16.6 Å². The molecule has 11 nitrogen and oxygen atoms in total. The molecule has 2 fully saturated rings. The molecule has 2 aliphatic rings. The molecule has 3 heterocycles. The van der Waals surface area contributed by atoms with E-state index in [-0.39, 0.29) is 5.91 Å². The van der Waals surface area contributed by atoms with Crippen molar-refractivity contribution in [1.82, 2.24) is 19.8 Å². The highest BCUT2D eigenvalue weighted by Gasteiger charge is 2.25. The van der Waals surface area contributed by atoms with E-state index in [4.69, 9.17) is 29.7 Å². The fourth-order valence-corrected chi connectivity index (χ4v) is 6.17. The lowest BCUT2D eigenvalue weighted by Gasteiger charge is -2.32. The maximum atomic E-state index is 13.0. The summed E-state index contributed by atoms with van der Waals surface area (Å²) >= 11 is 2.02. The summed E-state index contributed by atoms with van der Waals surface area (Å²) < 4.78 is 24.1. The first-order chi connectivity index (χ1) is 21.1. The van der Waals surface area contributed by atoms with Crippen molar-refractivity contribution in [3.63, 3.8) is 0 Å². The lowest BCUT2D eigenvalue weighted by atomic mass is 9.92. The molecule has 0 radical (unpaired) electrons. The third-order valence-corrected chi connectivity index (χ3v) is 9.40. The third-order valence-electron chi connectivity index (χ3n) is 8.08. The second-order valence-corrected chi connectivity index (χ2v) is 12.4. The summed E-state index contributed by atoms with van der Waals surface area (Å²) in [4.78, 5) is 24.9. The van der Waals surface area contributed by atoms with Gasteiger partial charge in [-0.3, -0.25) is 14.7 Å². The van der Waals surface area contributed by atoms with Gasteiger partial charge in [-0.15, -0.1) is 0 Å². The molecule has 0 bridgehead atoms. The van der Waals surface area contributed by atoms with Crippen LogP contribution in [0.4, 0.5) is 0 Å². The van der Waals surface area contributed by atoms with Crippen LogP contribution >= 0.6 is 11.8 Å². The number of hydrogen-bond acceptors (Lipinski definition) is 10. The molecule has 240 valence electrons. The molecule has 1 atom stereocenters. The predicted octanol–water partition coefficient (Wildman–Crippen LogP) is 2.60. The second kappa shape index (κ2) is 18.7. The molecule has 3 N–H and O–H groups in total. The molecular weight excluding hydrogens is 568 g/mol. The van der Waals surface area contributed by atoms with Crippen molar-refractivity contribution in [2.45, 2.75) is 44.5 Å². The van der Waals surface area contributed by atoms with Gasteiger partial charge >= 0.3 is 0 Å². The van der Waals surface area contributed by atoms with Crippen LogP contribution in [-0.4, -0.2) is 123 Å². The van der Waals surface area contributed by atoms with Crippen LogP contribution in [0.5, 0.6) is 0 Å². The normalized spacial score (nSPS) is 18.3. The van der Waals surface area contributed by atoms with Gasteiger partial charge in [-0.05, 0) is 69.1 Å². The molecule has 1 amide bonds. The Morgan fingerprint density at radius 3 is 2.28 bits per heavy atom. The minimum Gasteiger partial charge on any atom is -0.378 e. The lowest BCUT2D eigenvalue weighted by molar-refractivity contribution is -0.000579. The molecule has 2 aromatic rings. The minimum atomic E-state index is -0.100. The highest BCUT2D eigenvalue weighted by Crippen LogP contribution is 2.31. The highest BCUT2D eigenvalue weighted by atomic mass is 32.2. The summed E-state index contributed by atoms with van der Waals surface area (Å²) in [6, 6.07) is 5.85. The number of likely N-dealkylation sites (tertiary alicyclic amines) is 1. The van der Waals surface area contributed by atoms with Gasteiger partial charge in [0.1, 0.15) is 5.82 Å². The summed E-state index contributed by atoms with van der Waals surface area (Å²) in [6.45, 7) is 11.0. The van der Waals surface area contributed by atoms with E-state index < -0.39 is 0 Å². The van der Waals surface area contributed by atoms with Crippen molar-refractivity contribution >= 4 is 34.4 Å². The third kappa shape index (κ3) is 10.8. The molecule has 43 heavy (non-hydrogen) atoms. The van der Waals surface area contributed by atoms with E-state index in [1.165, 1.54) is 17.9 Å². The van der Waals surface area contributed by atoms with Crippen molar-refractivity contribution in [3.8, 4) is 0 Å². The molecule has 2 saturated heterocycles. The number of benzene rings is 1. The average molecular weight is 619 g/mol. The molecular formula is C31H50N6O5S. The number of amides is 1. The van der Waals surface area contributed by atoms with E-state index in [0.29, 0.717) is 82.7 Å². The van der Waals surface area contributed by atoms with E-state index >= 15 is 0 Å². The fraction of sp³-hybridized carbons (Fsp3) is 0.710. The van der Waals surface area contributed by atoms with Crippen molar-refractivity contribution in [3.05, 3.63) is 29.6 Å². The molecule has 2 aliphatic heterocycles. The first-order valence-corrected chi connectivity index (χ1v) is 16.7. The van der Waals surface area contributed by atoms with Crippen LogP contribution < -0.4 is 11.1 Å². The van der Waals surface area contributed by atoms with Gasteiger partial charge in [-0.25, -0.2) is 4.98 Å². The Balaban J connectivity index is 1.21. The number of imidazole rings is 1. The number of fused-ring (bicyclic) bond motifs is 1. The summed E-state index contributed by atoms with van der Waals surface area (Å²) in [5.41, 5.74) is 9.26. The monoisotopic (exact) mass is 618 g/mol. The number of carbonyl (C=O) groups is 1. The van der Waals surface area contributed by atoms with Gasteiger partial charge in [-0.2, -0.15) is 11.8 Å². The van der Waals surface area contributed by atoms with Crippen molar-refractivity contribution < 1.29 is 23.7 Å². The number of thioether (sulfide) groups is 1. The number of nitrogens with one attached hydrogen (secondary N) is 1. The first kappa shape index (κ1) is 33.8. The maximum Gasteiger partial charge on any atom is 0.251 e. The van der Waals surface area contributed by atoms with Gasteiger partial charge in [0.15, 0.2) is 0 Å². The van der Waals surface area contributed by atoms with Crippen LogP contribution in [0.2, 0.25) is 0 Å². The van der Waals surface area contributed by atoms with Crippen LogP contribution in [0.25, 0.3) is 11.0 Å².